The molecular weight excluding hydrogens is 172 g/mol. The minimum atomic E-state index is -1.20. The highest BCUT2D eigenvalue weighted by Gasteiger charge is 2.26. The molecule has 0 bridgehead atoms. The van der Waals surface area contributed by atoms with Crippen molar-refractivity contribution in [2.45, 2.75) is 11.2 Å². The fourth-order valence-corrected chi connectivity index (χ4v) is 0.0551. The first-order valence-electron chi connectivity index (χ1n) is 1.91. The molecular formula is C4H5BrN2O. The summed E-state index contributed by atoms with van der Waals surface area (Å²) in [6.45, 7) is 1.40. The molecule has 3 nitrogen and oxygen atoms in total. The van der Waals surface area contributed by atoms with E-state index in [1.54, 1.807) is 6.07 Å². The first-order valence-corrected chi connectivity index (χ1v) is 2.70. The van der Waals surface area contributed by atoms with E-state index in [2.05, 4.69) is 15.9 Å². The third-order valence-electron chi connectivity index (χ3n) is 0.673. The summed E-state index contributed by atoms with van der Waals surface area (Å²) in [5, 5.41) is 8.17. The van der Waals surface area contributed by atoms with Crippen LogP contribution in [0.4, 0.5) is 0 Å². The van der Waals surface area contributed by atoms with Crippen molar-refractivity contribution >= 4 is 21.8 Å². The highest BCUT2D eigenvalue weighted by atomic mass is 79.9. The third-order valence-corrected chi connectivity index (χ3v) is 1.24. The predicted molar refractivity (Wildman–Crippen MR) is 32.1 cm³/mol. The third kappa shape index (κ3) is 1.51. The molecule has 0 saturated heterocycles. The lowest BCUT2D eigenvalue weighted by Gasteiger charge is -2.04. The first-order chi connectivity index (χ1) is 3.50. The minimum Gasteiger partial charge on any atom is -0.368 e. The van der Waals surface area contributed by atoms with E-state index in [1.165, 1.54) is 6.92 Å². The normalized spacial score (nSPS) is 16.1. The van der Waals surface area contributed by atoms with Crippen LogP contribution in [0.1, 0.15) is 6.92 Å². The highest BCUT2D eigenvalue weighted by Crippen LogP contribution is 2.13. The first kappa shape index (κ1) is 7.44. The molecule has 2 N–H and O–H groups in total. The number of nitrogens with zero attached hydrogens (tertiary/aromatic N) is 1. The summed E-state index contributed by atoms with van der Waals surface area (Å²) in [7, 11) is 0. The van der Waals surface area contributed by atoms with Gasteiger partial charge in [-0.05, 0) is 6.92 Å². The van der Waals surface area contributed by atoms with Crippen molar-refractivity contribution in [2.24, 2.45) is 5.73 Å². The highest BCUT2D eigenvalue weighted by molar-refractivity contribution is 9.10. The summed E-state index contributed by atoms with van der Waals surface area (Å²) >= 11 is 2.81. The predicted octanol–water partition coefficient (Wildman–Crippen LogP) is 0.149. The summed E-state index contributed by atoms with van der Waals surface area (Å²) in [6.07, 6.45) is 0. The lowest BCUT2D eigenvalue weighted by Crippen LogP contribution is -2.33. The van der Waals surface area contributed by atoms with E-state index in [1.807, 2.05) is 0 Å². The van der Waals surface area contributed by atoms with E-state index in [0.29, 0.717) is 0 Å². The van der Waals surface area contributed by atoms with E-state index < -0.39 is 10.2 Å². The Morgan fingerprint density at radius 2 is 2.38 bits per heavy atom. The Hall–Kier alpha value is -0.560. The quantitative estimate of drug-likeness (QED) is 0.579. The van der Waals surface area contributed by atoms with E-state index in [0.717, 1.165) is 0 Å². The fourth-order valence-electron chi connectivity index (χ4n) is 0.0551. The van der Waals surface area contributed by atoms with Crippen LogP contribution in [0.5, 0.6) is 0 Å². The summed E-state index contributed by atoms with van der Waals surface area (Å²) in [5.74, 6) is -0.667. The standard InChI is InChI=1S/C4H5BrN2O/c1-4(5,2-6)3(7)8/h1H3,(H2,7,8). The van der Waals surface area contributed by atoms with Gasteiger partial charge in [-0.1, -0.05) is 15.9 Å². The minimum absolute atomic E-state index is 0.667. The van der Waals surface area contributed by atoms with Crippen LogP contribution >= 0.6 is 15.9 Å². The fraction of sp³-hybridized carbons (Fsp3) is 0.500. The number of amides is 1. The van der Waals surface area contributed by atoms with Gasteiger partial charge in [-0.25, -0.2) is 0 Å². The van der Waals surface area contributed by atoms with Gasteiger partial charge in [-0.2, -0.15) is 5.26 Å². The Balaban J connectivity index is 4.19. The second kappa shape index (κ2) is 2.14. The molecule has 4 heteroatoms. The zero-order valence-corrected chi connectivity index (χ0v) is 5.90. The van der Waals surface area contributed by atoms with Gasteiger partial charge in [0, 0.05) is 0 Å². The second-order valence-electron chi connectivity index (χ2n) is 1.48. The van der Waals surface area contributed by atoms with Gasteiger partial charge in [-0.15, -0.1) is 0 Å². The molecule has 0 radical (unpaired) electrons. The van der Waals surface area contributed by atoms with Gasteiger partial charge in [0.25, 0.3) is 0 Å². The number of hydrogen-bond acceptors (Lipinski definition) is 2. The molecule has 0 heterocycles. The van der Waals surface area contributed by atoms with Gasteiger partial charge in [0.1, 0.15) is 0 Å². The van der Waals surface area contributed by atoms with Crippen molar-refractivity contribution in [3.05, 3.63) is 0 Å². The van der Waals surface area contributed by atoms with Crippen molar-refractivity contribution in [3.8, 4) is 6.07 Å². The lowest BCUT2D eigenvalue weighted by molar-refractivity contribution is -0.118. The number of alkyl halides is 1. The summed E-state index contributed by atoms with van der Waals surface area (Å²) in [4.78, 5) is 10.2. The molecule has 0 aromatic heterocycles. The number of nitrogens with two attached hydrogens (primary N) is 1. The number of hydrogen-bond donors (Lipinski definition) is 1. The molecule has 0 aromatic rings. The van der Waals surface area contributed by atoms with Crippen LogP contribution in [0.25, 0.3) is 0 Å². The number of nitriles is 1. The van der Waals surface area contributed by atoms with Crippen molar-refractivity contribution in [1.82, 2.24) is 0 Å². The zero-order chi connectivity index (χ0) is 6.78. The van der Waals surface area contributed by atoms with Gasteiger partial charge in [0.2, 0.25) is 5.91 Å². The van der Waals surface area contributed by atoms with Gasteiger partial charge in [0.15, 0.2) is 4.32 Å². The molecule has 0 rings (SSSR count). The Morgan fingerprint density at radius 3 is 2.38 bits per heavy atom. The van der Waals surface area contributed by atoms with E-state index in [-0.39, 0.29) is 0 Å². The monoisotopic (exact) mass is 176 g/mol. The van der Waals surface area contributed by atoms with Crippen LogP contribution in [0.3, 0.4) is 0 Å². The molecule has 44 valence electrons. The summed E-state index contributed by atoms with van der Waals surface area (Å²) in [6, 6.07) is 1.68. The van der Waals surface area contributed by atoms with Gasteiger partial charge in [-0.3, -0.25) is 4.79 Å². The largest absolute Gasteiger partial charge is 0.368 e. The summed E-state index contributed by atoms with van der Waals surface area (Å²) in [5.41, 5.74) is 4.77. The van der Waals surface area contributed by atoms with Gasteiger partial charge in [0.05, 0.1) is 6.07 Å². The average Bonchev–Trinajstić information content (AvgIpc) is 1.67. The SMILES string of the molecule is CC(Br)(C#N)C(N)=O. The molecule has 0 spiro atoms. The topological polar surface area (TPSA) is 66.9 Å². The molecule has 0 fully saturated rings. The molecule has 0 aromatic carbocycles. The Morgan fingerprint density at radius 1 is 2.00 bits per heavy atom. The van der Waals surface area contributed by atoms with Crippen molar-refractivity contribution in [1.29, 1.82) is 5.26 Å². The van der Waals surface area contributed by atoms with Crippen LogP contribution in [-0.4, -0.2) is 10.2 Å². The maximum atomic E-state index is 10.2. The van der Waals surface area contributed by atoms with E-state index >= 15 is 0 Å². The van der Waals surface area contributed by atoms with Crippen LogP contribution in [-0.2, 0) is 4.79 Å². The number of halogens is 1. The molecule has 1 amide bonds. The average molecular weight is 177 g/mol. The number of carbonyl (C=O) groups is 1. The van der Waals surface area contributed by atoms with Gasteiger partial charge >= 0.3 is 0 Å². The van der Waals surface area contributed by atoms with Crippen molar-refractivity contribution in [3.63, 3.8) is 0 Å². The maximum absolute atomic E-state index is 10.2. The van der Waals surface area contributed by atoms with Crippen molar-refractivity contribution in [2.75, 3.05) is 0 Å². The van der Waals surface area contributed by atoms with Crippen LogP contribution in [0.15, 0.2) is 0 Å². The number of primary amides is 1. The Kier molecular flexibility index (Phi) is 1.99. The molecule has 0 aliphatic carbocycles. The molecule has 0 saturated carbocycles. The number of rotatable bonds is 1. The smallest absolute Gasteiger partial charge is 0.248 e. The van der Waals surface area contributed by atoms with Crippen LogP contribution < -0.4 is 5.73 Å². The molecule has 0 aliphatic heterocycles. The Labute approximate surface area is 55.6 Å². The van der Waals surface area contributed by atoms with E-state index in [4.69, 9.17) is 11.0 Å². The summed E-state index contributed by atoms with van der Waals surface area (Å²) < 4.78 is -1.20. The number of carbonyl (C=O) groups excluding carboxylic acids is 1. The van der Waals surface area contributed by atoms with Crippen LogP contribution in [0, 0.1) is 11.3 Å². The second-order valence-corrected chi connectivity index (χ2v) is 3.07. The van der Waals surface area contributed by atoms with Crippen LogP contribution in [0.2, 0.25) is 0 Å². The van der Waals surface area contributed by atoms with E-state index in [9.17, 15) is 4.79 Å². The lowest BCUT2D eigenvalue weighted by atomic mass is 10.2. The zero-order valence-electron chi connectivity index (χ0n) is 4.31. The van der Waals surface area contributed by atoms with Gasteiger partial charge < -0.3 is 5.73 Å². The molecule has 1 unspecified atom stereocenters. The molecule has 8 heavy (non-hydrogen) atoms. The maximum Gasteiger partial charge on any atom is 0.248 e. The Bertz CT molecular complexity index is 147. The molecule has 0 aliphatic rings. The molecule has 1 atom stereocenters. The van der Waals surface area contributed by atoms with Crippen molar-refractivity contribution < 1.29 is 4.79 Å².